The molecule has 1 amide bonds. The molecular weight excluding hydrogens is 312 g/mol. The molecule has 0 saturated heterocycles. The third-order valence-electron chi connectivity index (χ3n) is 3.99. The molecule has 3 rings (SSSR count). The minimum absolute atomic E-state index is 0. The van der Waals surface area contributed by atoms with Crippen LogP contribution >= 0.6 is 12.4 Å². The first-order valence-corrected chi connectivity index (χ1v) is 7.77. The maximum atomic E-state index is 12.7. The molecule has 0 radical (unpaired) electrons. The highest BCUT2D eigenvalue weighted by atomic mass is 35.5. The molecule has 1 aliphatic rings. The first kappa shape index (κ1) is 17.3. The summed E-state index contributed by atoms with van der Waals surface area (Å²) in [6.45, 7) is 5.12. The van der Waals surface area contributed by atoms with E-state index in [0.717, 1.165) is 47.6 Å². The lowest BCUT2D eigenvalue weighted by Gasteiger charge is -2.20. The Morgan fingerprint density at radius 3 is 2.91 bits per heavy atom. The van der Waals surface area contributed by atoms with Crippen LogP contribution in [-0.2, 0) is 13.5 Å². The quantitative estimate of drug-likeness (QED) is 0.902. The van der Waals surface area contributed by atoms with Gasteiger partial charge >= 0.3 is 0 Å². The number of rotatable bonds is 3. The van der Waals surface area contributed by atoms with Crippen LogP contribution in [-0.4, -0.2) is 22.2 Å². The number of hydrogen-bond donors (Lipinski definition) is 2. The number of carbonyl (C=O) groups excluding carboxylic acids is 1. The molecule has 1 aromatic carbocycles. The predicted molar refractivity (Wildman–Crippen MR) is 95.8 cm³/mol. The van der Waals surface area contributed by atoms with Crippen molar-refractivity contribution in [2.45, 2.75) is 32.6 Å². The zero-order chi connectivity index (χ0) is 15.7. The second-order valence-electron chi connectivity index (χ2n) is 6.07. The van der Waals surface area contributed by atoms with Crippen molar-refractivity contribution in [3.63, 3.8) is 0 Å². The molecule has 5 nitrogen and oxygen atoms in total. The van der Waals surface area contributed by atoms with E-state index in [1.807, 2.05) is 31.4 Å². The zero-order valence-corrected chi connectivity index (χ0v) is 14.5. The number of fused-ring (bicyclic) bond motifs is 1. The van der Waals surface area contributed by atoms with E-state index in [1.165, 1.54) is 0 Å². The highest BCUT2D eigenvalue weighted by Crippen LogP contribution is 2.27. The van der Waals surface area contributed by atoms with Crippen molar-refractivity contribution in [3.8, 4) is 0 Å². The lowest BCUT2D eigenvalue weighted by atomic mass is 9.97. The average Bonchev–Trinajstić information content (AvgIpc) is 2.87. The van der Waals surface area contributed by atoms with E-state index in [1.54, 1.807) is 4.68 Å². The van der Waals surface area contributed by atoms with E-state index >= 15 is 0 Å². The van der Waals surface area contributed by atoms with Gasteiger partial charge in [-0.2, -0.15) is 5.10 Å². The number of amides is 1. The Hall–Kier alpha value is -2.01. The first-order chi connectivity index (χ1) is 10.6. The highest BCUT2D eigenvalue weighted by Gasteiger charge is 2.19. The van der Waals surface area contributed by atoms with E-state index in [0.29, 0.717) is 0 Å². The number of aryl methyl sites for hydroxylation is 1. The number of carbonyl (C=O) groups is 1. The molecule has 0 bridgehead atoms. The second-order valence-corrected chi connectivity index (χ2v) is 6.07. The van der Waals surface area contributed by atoms with Crippen LogP contribution in [0.3, 0.4) is 0 Å². The molecule has 124 valence electrons. The van der Waals surface area contributed by atoms with Crippen LogP contribution in [0.25, 0.3) is 0 Å². The van der Waals surface area contributed by atoms with Gasteiger partial charge in [0, 0.05) is 31.0 Å². The number of halogens is 1. The van der Waals surface area contributed by atoms with Crippen LogP contribution in [0, 0.1) is 0 Å². The molecule has 2 aromatic rings. The van der Waals surface area contributed by atoms with Crippen molar-refractivity contribution in [2.75, 3.05) is 17.2 Å². The monoisotopic (exact) mass is 334 g/mol. The summed E-state index contributed by atoms with van der Waals surface area (Å²) in [6, 6.07) is 5.86. The number of nitrogens with one attached hydrogen (secondary N) is 2. The largest absolute Gasteiger partial charge is 0.385 e. The molecule has 0 spiro atoms. The summed E-state index contributed by atoms with van der Waals surface area (Å²) < 4.78 is 1.74. The van der Waals surface area contributed by atoms with Crippen molar-refractivity contribution >= 4 is 29.7 Å². The Morgan fingerprint density at radius 2 is 2.17 bits per heavy atom. The molecule has 0 fully saturated rings. The van der Waals surface area contributed by atoms with Gasteiger partial charge in [-0.05, 0) is 36.5 Å². The smallest absolute Gasteiger partial charge is 0.256 e. The summed E-state index contributed by atoms with van der Waals surface area (Å²) in [4.78, 5) is 12.7. The zero-order valence-electron chi connectivity index (χ0n) is 13.7. The van der Waals surface area contributed by atoms with E-state index in [-0.39, 0.29) is 24.2 Å². The Kier molecular flexibility index (Phi) is 5.31. The Balaban J connectivity index is 0.00000192. The molecular formula is C17H23ClN4O. The van der Waals surface area contributed by atoms with Crippen LogP contribution in [0.4, 0.5) is 11.4 Å². The minimum atomic E-state index is -0.0598. The van der Waals surface area contributed by atoms with Crippen molar-refractivity contribution in [2.24, 2.45) is 7.05 Å². The van der Waals surface area contributed by atoms with E-state index in [2.05, 4.69) is 29.6 Å². The topological polar surface area (TPSA) is 59.0 Å². The predicted octanol–water partition coefficient (Wildman–Crippen LogP) is 3.58. The van der Waals surface area contributed by atoms with Crippen LogP contribution in [0.1, 0.15) is 47.8 Å². The Labute approximate surface area is 142 Å². The van der Waals surface area contributed by atoms with Crippen LogP contribution in [0.5, 0.6) is 0 Å². The Bertz CT molecular complexity index is 709. The van der Waals surface area contributed by atoms with Crippen LogP contribution in [0.2, 0.25) is 0 Å². The number of aromatic nitrogens is 2. The molecule has 1 aromatic heterocycles. The van der Waals surface area contributed by atoms with Gasteiger partial charge in [0.25, 0.3) is 5.91 Å². The molecule has 0 saturated carbocycles. The van der Waals surface area contributed by atoms with Gasteiger partial charge in [-0.25, -0.2) is 0 Å². The summed E-state index contributed by atoms with van der Waals surface area (Å²) in [5, 5.41) is 10.8. The number of hydrogen-bond acceptors (Lipinski definition) is 3. The van der Waals surface area contributed by atoms with Crippen molar-refractivity contribution < 1.29 is 4.79 Å². The average molecular weight is 335 g/mol. The number of benzene rings is 1. The first-order valence-electron chi connectivity index (χ1n) is 7.77. The normalized spacial score (nSPS) is 13.0. The number of nitrogens with zero attached hydrogens (tertiary/aromatic N) is 2. The second kappa shape index (κ2) is 7.04. The molecule has 0 atom stereocenters. The highest BCUT2D eigenvalue weighted by molar-refractivity contribution is 6.06. The maximum absolute atomic E-state index is 12.7. The van der Waals surface area contributed by atoms with E-state index in [9.17, 15) is 4.79 Å². The molecule has 2 heterocycles. The lowest BCUT2D eigenvalue weighted by molar-refractivity contribution is 0.102. The third-order valence-corrected chi connectivity index (χ3v) is 3.99. The molecule has 0 unspecified atom stereocenters. The Morgan fingerprint density at radius 1 is 1.39 bits per heavy atom. The third kappa shape index (κ3) is 3.50. The maximum Gasteiger partial charge on any atom is 0.256 e. The van der Waals surface area contributed by atoms with Crippen molar-refractivity contribution in [1.29, 1.82) is 0 Å². The van der Waals surface area contributed by atoms with Crippen LogP contribution in [0.15, 0.2) is 24.4 Å². The molecule has 23 heavy (non-hydrogen) atoms. The molecule has 0 aliphatic carbocycles. The van der Waals surface area contributed by atoms with Gasteiger partial charge < -0.3 is 10.6 Å². The SMILES string of the molecule is CC(C)c1nn(C)cc1NC(=O)c1cccc2c1CCCN2.Cl. The van der Waals surface area contributed by atoms with E-state index < -0.39 is 0 Å². The summed E-state index contributed by atoms with van der Waals surface area (Å²) >= 11 is 0. The summed E-state index contributed by atoms with van der Waals surface area (Å²) in [5.74, 6) is 0.207. The molecule has 2 N–H and O–H groups in total. The van der Waals surface area contributed by atoms with E-state index in [4.69, 9.17) is 0 Å². The van der Waals surface area contributed by atoms with Gasteiger partial charge in [-0.1, -0.05) is 19.9 Å². The fourth-order valence-corrected chi connectivity index (χ4v) is 2.94. The van der Waals surface area contributed by atoms with Gasteiger partial charge in [0.05, 0.1) is 11.4 Å². The van der Waals surface area contributed by atoms with Gasteiger partial charge in [0.15, 0.2) is 0 Å². The fourth-order valence-electron chi connectivity index (χ4n) is 2.94. The van der Waals surface area contributed by atoms with Gasteiger partial charge in [0.2, 0.25) is 0 Å². The number of anilines is 2. The summed E-state index contributed by atoms with van der Waals surface area (Å²) in [5.41, 5.74) is 4.65. The van der Waals surface area contributed by atoms with Gasteiger partial charge in [-0.3, -0.25) is 9.48 Å². The minimum Gasteiger partial charge on any atom is -0.385 e. The van der Waals surface area contributed by atoms with Crippen molar-refractivity contribution in [1.82, 2.24) is 9.78 Å². The van der Waals surface area contributed by atoms with Crippen molar-refractivity contribution in [3.05, 3.63) is 41.2 Å². The molecule has 6 heteroatoms. The molecule has 1 aliphatic heterocycles. The van der Waals surface area contributed by atoms with Crippen LogP contribution < -0.4 is 10.6 Å². The summed E-state index contributed by atoms with van der Waals surface area (Å²) in [6.07, 6.45) is 3.86. The lowest BCUT2D eigenvalue weighted by Crippen LogP contribution is -2.19. The summed E-state index contributed by atoms with van der Waals surface area (Å²) in [7, 11) is 1.87. The fraction of sp³-hybridized carbons (Fsp3) is 0.412. The standard InChI is InChI=1S/C17H22N4O.ClH/c1-11(2)16-15(10-21(3)20-16)19-17(22)13-6-4-8-14-12(13)7-5-9-18-14;/h4,6,8,10-11,18H,5,7,9H2,1-3H3,(H,19,22);1H. The van der Waals surface area contributed by atoms with Gasteiger partial charge in [-0.15, -0.1) is 12.4 Å². The van der Waals surface area contributed by atoms with Gasteiger partial charge in [0.1, 0.15) is 0 Å².